The van der Waals surface area contributed by atoms with Crippen LogP contribution in [0.5, 0.6) is 5.75 Å². The lowest BCUT2D eigenvalue weighted by atomic mass is 10.1. The number of hydrogen-bond donors (Lipinski definition) is 0. The minimum Gasteiger partial charge on any atom is -0.489 e. The number of rotatable bonds is 4. The van der Waals surface area contributed by atoms with Crippen molar-refractivity contribution >= 4 is 11.5 Å². The predicted octanol–water partition coefficient (Wildman–Crippen LogP) is 3.30. The number of ether oxygens (including phenoxy) is 1. The molecule has 0 atom stereocenters. The van der Waals surface area contributed by atoms with Gasteiger partial charge in [-0.15, -0.1) is 0 Å². The molecule has 21 heavy (non-hydrogen) atoms. The van der Waals surface area contributed by atoms with E-state index >= 15 is 0 Å². The summed E-state index contributed by atoms with van der Waals surface area (Å²) in [6.45, 7) is 0.129. The molecule has 0 aromatic heterocycles. The van der Waals surface area contributed by atoms with Crippen molar-refractivity contribution in [3.63, 3.8) is 0 Å². The molecule has 2 aromatic carbocycles. The maximum absolute atomic E-state index is 11.6. The summed E-state index contributed by atoms with van der Waals surface area (Å²) in [7, 11) is 0. The molecule has 106 valence electrons. The van der Waals surface area contributed by atoms with Gasteiger partial charge in [0.25, 0.3) is 5.69 Å². The Kier molecular flexibility index (Phi) is 3.39. The second-order valence-corrected chi connectivity index (χ2v) is 4.92. The summed E-state index contributed by atoms with van der Waals surface area (Å²) in [5.41, 5.74) is 2.32. The van der Waals surface area contributed by atoms with E-state index in [9.17, 15) is 14.9 Å². The van der Waals surface area contributed by atoms with Crippen molar-refractivity contribution in [3.05, 3.63) is 69.3 Å². The fourth-order valence-electron chi connectivity index (χ4n) is 2.49. The number of nitro groups is 1. The molecule has 0 aliphatic heterocycles. The first-order valence-corrected chi connectivity index (χ1v) is 6.66. The highest BCUT2D eigenvalue weighted by molar-refractivity contribution is 6.00. The van der Waals surface area contributed by atoms with E-state index in [0.717, 1.165) is 17.5 Å². The monoisotopic (exact) mass is 283 g/mol. The zero-order valence-corrected chi connectivity index (χ0v) is 11.2. The number of hydrogen-bond acceptors (Lipinski definition) is 4. The number of aryl methyl sites for hydroxylation is 1. The van der Waals surface area contributed by atoms with Crippen LogP contribution in [-0.2, 0) is 13.0 Å². The van der Waals surface area contributed by atoms with Gasteiger partial charge >= 0.3 is 0 Å². The first-order chi connectivity index (χ1) is 10.1. The van der Waals surface area contributed by atoms with Crippen molar-refractivity contribution in [2.45, 2.75) is 19.4 Å². The molecule has 3 rings (SSSR count). The molecule has 0 radical (unpaired) electrons. The van der Waals surface area contributed by atoms with E-state index in [0.29, 0.717) is 17.7 Å². The predicted molar refractivity (Wildman–Crippen MR) is 76.5 cm³/mol. The van der Waals surface area contributed by atoms with E-state index in [1.165, 1.54) is 6.07 Å². The summed E-state index contributed by atoms with van der Waals surface area (Å²) in [6, 6.07) is 11.8. The molecule has 0 N–H and O–H groups in total. The Morgan fingerprint density at radius 1 is 1.14 bits per heavy atom. The van der Waals surface area contributed by atoms with Gasteiger partial charge in [0.15, 0.2) is 5.78 Å². The number of ketones is 1. The Bertz CT molecular complexity index is 724. The van der Waals surface area contributed by atoms with Crippen LogP contribution in [-0.4, -0.2) is 10.7 Å². The minimum atomic E-state index is -0.417. The standard InChI is InChI=1S/C16H13NO4/c18-16-8-5-11-9-13(6-7-14(11)16)21-10-12-3-1-2-4-15(12)17(19)20/h1-4,6-7,9H,5,8,10H2. The minimum absolute atomic E-state index is 0.0498. The highest BCUT2D eigenvalue weighted by Gasteiger charge is 2.20. The lowest BCUT2D eigenvalue weighted by Crippen LogP contribution is -2.01. The Morgan fingerprint density at radius 3 is 2.76 bits per heavy atom. The lowest BCUT2D eigenvalue weighted by Gasteiger charge is -2.08. The van der Waals surface area contributed by atoms with Gasteiger partial charge in [0.1, 0.15) is 12.4 Å². The fourth-order valence-corrected chi connectivity index (χ4v) is 2.49. The molecule has 0 amide bonds. The van der Waals surface area contributed by atoms with Gasteiger partial charge in [-0.3, -0.25) is 14.9 Å². The van der Waals surface area contributed by atoms with Crippen LogP contribution in [0.15, 0.2) is 42.5 Å². The highest BCUT2D eigenvalue weighted by atomic mass is 16.6. The largest absolute Gasteiger partial charge is 0.489 e. The summed E-state index contributed by atoms with van der Waals surface area (Å²) in [4.78, 5) is 22.1. The molecule has 0 bridgehead atoms. The van der Waals surface area contributed by atoms with E-state index in [2.05, 4.69) is 0 Å². The van der Waals surface area contributed by atoms with E-state index in [1.807, 2.05) is 6.07 Å². The van der Waals surface area contributed by atoms with E-state index in [4.69, 9.17) is 4.74 Å². The van der Waals surface area contributed by atoms with Crippen LogP contribution in [0.3, 0.4) is 0 Å². The van der Waals surface area contributed by atoms with Gasteiger partial charge in [-0.05, 0) is 36.2 Å². The van der Waals surface area contributed by atoms with Crippen molar-refractivity contribution in [2.24, 2.45) is 0 Å². The topological polar surface area (TPSA) is 69.4 Å². The molecule has 1 aliphatic carbocycles. The van der Waals surface area contributed by atoms with Crippen molar-refractivity contribution in [3.8, 4) is 5.75 Å². The quantitative estimate of drug-likeness (QED) is 0.637. The molecule has 0 spiro atoms. The van der Waals surface area contributed by atoms with Crippen LogP contribution >= 0.6 is 0 Å². The first-order valence-electron chi connectivity index (χ1n) is 6.66. The number of benzene rings is 2. The van der Waals surface area contributed by atoms with Gasteiger partial charge < -0.3 is 4.74 Å². The number of para-hydroxylation sites is 1. The zero-order chi connectivity index (χ0) is 14.8. The fraction of sp³-hybridized carbons (Fsp3) is 0.188. The molecule has 1 aliphatic rings. The van der Waals surface area contributed by atoms with Gasteiger partial charge in [0.05, 0.1) is 10.5 Å². The number of nitrogens with zero attached hydrogens (tertiary/aromatic N) is 1. The van der Waals surface area contributed by atoms with Gasteiger partial charge in [-0.2, -0.15) is 0 Å². The van der Waals surface area contributed by atoms with Gasteiger partial charge in [0.2, 0.25) is 0 Å². The summed E-state index contributed by atoms with van der Waals surface area (Å²) < 4.78 is 5.63. The molecule has 0 saturated carbocycles. The number of Topliss-reactive ketones (excluding diaryl/α,β-unsaturated/α-hetero) is 1. The van der Waals surface area contributed by atoms with Crippen molar-refractivity contribution < 1.29 is 14.5 Å². The second kappa shape index (κ2) is 5.36. The molecule has 0 fully saturated rings. The van der Waals surface area contributed by atoms with Crippen LogP contribution in [0.4, 0.5) is 5.69 Å². The maximum atomic E-state index is 11.6. The van der Waals surface area contributed by atoms with Crippen molar-refractivity contribution in [1.29, 1.82) is 0 Å². The Balaban J connectivity index is 1.77. The summed E-state index contributed by atoms with van der Waals surface area (Å²) in [6.07, 6.45) is 1.28. The van der Waals surface area contributed by atoms with E-state index < -0.39 is 4.92 Å². The molecule has 0 heterocycles. The molecular formula is C16H13NO4. The summed E-state index contributed by atoms with van der Waals surface area (Å²) in [5.74, 6) is 0.789. The summed E-state index contributed by atoms with van der Waals surface area (Å²) in [5, 5.41) is 10.9. The third-order valence-electron chi connectivity index (χ3n) is 3.58. The molecule has 0 saturated heterocycles. The second-order valence-electron chi connectivity index (χ2n) is 4.92. The first kappa shape index (κ1) is 13.3. The SMILES string of the molecule is O=C1CCc2cc(OCc3ccccc3[N+](=O)[O-])ccc21. The molecular weight excluding hydrogens is 270 g/mol. The Hall–Kier alpha value is -2.69. The number of carbonyl (C=O) groups excluding carboxylic acids is 1. The highest BCUT2D eigenvalue weighted by Crippen LogP contribution is 2.27. The smallest absolute Gasteiger partial charge is 0.276 e. The van der Waals surface area contributed by atoms with E-state index in [1.54, 1.807) is 30.3 Å². The van der Waals surface area contributed by atoms with Gasteiger partial charge in [-0.25, -0.2) is 0 Å². The molecule has 5 heteroatoms. The third kappa shape index (κ3) is 2.63. The van der Waals surface area contributed by atoms with Crippen LogP contribution in [0, 0.1) is 10.1 Å². The van der Waals surface area contributed by atoms with Crippen LogP contribution < -0.4 is 4.74 Å². The molecule has 0 unspecified atom stereocenters. The average molecular weight is 283 g/mol. The Labute approximate surface area is 121 Å². The van der Waals surface area contributed by atoms with Gasteiger partial charge in [-0.1, -0.05) is 12.1 Å². The van der Waals surface area contributed by atoms with Crippen LogP contribution in [0.25, 0.3) is 0 Å². The van der Waals surface area contributed by atoms with Gasteiger partial charge in [0, 0.05) is 18.1 Å². The van der Waals surface area contributed by atoms with Crippen molar-refractivity contribution in [1.82, 2.24) is 0 Å². The van der Waals surface area contributed by atoms with E-state index in [-0.39, 0.29) is 18.1 Å². The number of fused-ring (bicyclic) bond motifs is 1. The third-order valence-corrected chi connectivity index (χ3v) is 3.58. The summed E-state index contributed by atoms with van der Waals surface area (Å²) >= 11 is 0. The average Bonchev–Trinajstić information content (AvgIpc) is 2.86. The number of nitro benzene ring substituents is 1. The van der Waals surface area contributed by atoms with Crippen LogP contribution in [0.1, 0.15) is 27.9 Å². The zero-order valence-electron chi connectivity index (χ0n) is 11.2. The normalized spacial score (nSPS) is 13.0. The molecule has 2 aromatic rings. The maximum Gasteiger partial charge on any atom is 0.276 e. The lowest BCUT2D eigenvalue weighted by molar-refractivity contribution is -0.385. The molecule has 5 nitrogen and oxygen atoms in total. The van der Waals surface area contributed by atoms with Crippen molar-refractivity contribution in [2.75, 3.05) is 0 Å². The number of carbonyl (C=O) groups is 1. The Morgan fingerprint density at radius 2 is 1.95 bits per heavy atom. The van der Waals surface area contributed by atoms with Crippen LogP contribution in [0.2, 0.25) is 0 Å².